The minimum atomic E-state index is -0.563. The molecule has 2 heteroatoms. The Morgan fingerprint density at radius 2 is 0.550 bits per heavy atom. The molecule has 0 heterocycles. The van der Waals surface area contributed by atoms with Crippen LogP contribution in [0.25, 0.3) is 77.9 Å². The van der Waals surface area contributed by atoms with Crippen LogP contribution in [0.15, 0.2) is 303 Å². The quantitative estimate of drug-likeness (QED) is 0.171. The van der Waals surface area contributed by atoms with Crippen LogP contribution in [-0.4, -0.2) is 0 Å². The summed E-state index contributed by atoms with van der Waals surface area (Å²) in [5.41, 5.74) is 42.0. The monoisotopic (exact) mass is 1280 g/mol. The molecule has 0 radical (unpaired) electrons. The zero-order valence-electron chi connectivity index (χ0n) is 57.5. The molecular formula is C98H74N2. The van der Waals surface area contributed by atoms with Gasteiger partial charge >= 0.3 is 0 Å². The van der Waals surface area contributed by atoms with Crippen LogP contribution < -0.4 is 10.2 Å². The highest BCUT2D eigenvalue weighted by atomic mass is 15.1. The second-order valence-electron chi connectivity index (χ2n) is 31.4. The first-order chi connectivity index (χ1) is 48.7. The summed E-state index contributed by atoms with van der Waals surface area (Å²) in [5, 5.41) is 4.16. The van der Waals surface area contributed by atoms with Crippen LogP contribution >= 0.6 is 0 Å². The van der Waals surface area contributed by atoms with Gasteiger partial charge in [0, 0.05) is 44.7 Å². The number of nitrogens with one attached hydrogen (secondary N) is 1. The van der Waals surface area contributed by atoms with Crippen LogP contribution in [-0.2, 0) is 32.5 Å². The second kappa shape index (κ2) is 20.0. The second-order valence-corrected chi connectivity index (χ2v) is 31.4. The molecular weight excluding hydrogens is 1210 g/mol. The fraction of sp³-hybridized carbons (Fsp3) is 0.143. The Hall–Kier alpha value is -11.3. The van der Waals surface area contributed by atoms with Crippen LogP contribution in [0, 0.1) is 0 Å². The smallest absolute Gasteiger partial charge is 0.0726 e. The van der Waals surface area contributed by atoms with E-state index < -0.39 is 16.2 Å². The predicted octanol–water partition coefficient (Wildman–Crippen LogP) is 24.9. The molecule has 7 aliphatic carbocycles. The van der Waals surface area contributed by atoms with Gasteiger partial charge in [-0.25, -0.2) is 0 Å². The van der Waals surface area contributed by atoms with E-state index in [2.05, 4.69) is 362 Å². The minimum absolute atomic E-state index is 0.150. The van der Waals surface area contributed by atoms with Crippen molar-refractivity contribution < 1.29 is 0 Å². The van der Waals surface area contributed by atoms with Gasteiger partial charge in [0.1, 0.15) is 0 Å². The zero-order chi connectivity index (χ0) is 67.0. The summed E-state index contributed by atoms with van der Waals surface area (Å²) in [4.78, 5) is 2.61. The molecule has 21 rings (SSSR count). The Kier molecular flexibility index (Phi) is 11.5. The average Bonchev–Trinajstić information content (AvgIpc) is 1.51. The molecule has 0 amide bonds. The summed E-state index contributed by atoms with van der Waals surface area (Å²) in [5.74, 6) is 0. The Bertz CT molecular complexity index is 5840. The third-order valence-corrected chi connectivity index (χ3v) is 25.2. The lowest BCUT2D eigenvalue weighted by Gasteiger charge is -2.34. The summed E-state index contributed by atoms with van der Waals surface area (Å²) in [7, 11) is 0. The summed E-state index contributed by atoms with van der Waals surface area (Å²) < 4.78 is 0. The molecule has 1 atom stereocenters. The maximum absolute atomic E-state index is 4.16. The molecule has 2 spiro atoms. The molecule has 100 heavy (non-hydrogen) atoms. The molecule has 0 aromatic heterocycles. The van der Waals surface area contributed by atoms with E-state index in [0.717, 1.165) is 34.9 Å². The number of hydrogen-bond acceptors (Lipinski definition) is 2. The van der Waals surface area contributed by atoms with Crippen LogP contribution in [0.2, 0.25) is 0 Å². The molecule has 0 fully saturated rings. The lowest BCUT2D eigenvalue weighted by molar-refractivity contribution is 0.425. The van der Waals surface area contributed by atoms with E-state index in [1.54, 1.807) is 0 Å². The van der Waals surface area contributed by atoms with Crippen molar-refractivity contribution in [2.75, 3.05) is 10.2 Å². The van der Waals surface area contributed by atoms with E-state index in [4.69, 9.17) is 0 Å². The zero-order valence-corrected chi connectivity index (χ0v) is 57.5. The third-order valence-electron chi connectivity index (χ3n) is 25.2. The van der Waals surface area contributed by atoms with Gasteiger partial charge in [-0.3, -0.25) is 0 Å². The van der Waals surface area contributed by atoms with Crippen LogP contribution in [0.4, 0.5) is 28.4 Å². The molecule has 1 unspecified atom stereocenters. The van der Waals surface area contributed by atoms with Crippen molar-refractivity contribution in [2.45, 2.75) is 87.4 Å². The van der Waals surface area contributed by atoms with Crippen LogP contribution in [0.3, 0.4) is 0 Å². The molecule has 0 saturated carbocycles. The van der Waals surface area contributed by atoms with Crippen molar-refractivity contribution in [1.29, 1.82) is 0 Å². The first-order valence-electron chi connectivity index (χ1n) is 35.9. The van der Waals surface area contributed by atoms with Crippen molar-refractivity contribution in [2.24, 2.45) is 0 Å². The maximum atomic E-state index is 4.16. The Morgan fingerprint density at radius 3 is 1.03 bits per heavy atom. The number of benzene rings is 14. The first-order valence-corrected chi connectivity index (χ1v) is 35.9. The average molecular weight is 1280 g/mol. The largest absolute Gasteiger partial charge is 0.355 e. The van der Waals surface area contributed by atoms with Gasteiger partial charge in [0.15, 0.2) is 0 Å². The van der Waals surface area contributed by atoms with Gasteiger partial charge in [-0.1, -0.05) is 291 Å². The molecule has 0 bridgehead atoms. The Labute approximate surface area is 587 Å². The first kappa shape index (κ1) is 57.7. The fourth-order valence-corrected chi connectivity index (χ4v) is 21.2. The third kappa shape index (κ3) is 7.28. The molecule has 0 aliphatic heterocycles. The Morgan fingerprint density at radius 1 is 0.230 bits per heavy atom. The number of rotatable bonds is 7. The van der Waals surface area contributed by atoms with E-state index in [0.29, 0.717) is 0 Å². The van der Waals surface area contributed by atoms with Gasteiger partial charge in [0.05, 0.1) is 10.8 Å². The molecule has 14 aromatic carbocycles. The Balaban J connectivity index is 0.781. The molecule has 7 aliphatic rings. The number of anilines is 5. The summed E-state index contributed by atoms with van der Waals surface area (Å²) in [6, 6.07) is 117. The molecule has 476 valence electrons. The topological polar surface area (TPSA) is 15.3 Å². The van der Waals surface area contributed by atoms with Gasteiger partial charge < -0.3 is 10.2 Å². The number of hydrogen-bond donors (Lipinski definition) is 1. The summed E-state index contributed by atoms with van der Waals surface area (Å²) in [6.07, 6.45) is 0.925. The van der Waals surface area contributed by atoms with Crippen molar-refractivity contribution in [3.05, 3.63) is 387 Å². The van der Waals surface area contributed by atoms with Gasteiger partial charge in [-0.15, -0.1) is 0 Å². The normalized spacial score (nSPS) is 17.6. The van der Waals surface area contributed by atoms with Crippen molar-refractivity contribution >= 4 is 28.4 Å². The minimum Gasteiger partial charge on any atom is -0.355 e. The van der Waals surface area contributed by atoms with Crippen LogP contribution in [0.5, 0.6) is 0 Å². The van der Waals surface area contributed by atoms with Crippen LogP contribution in [0.1, 0.15) is 138 Å². The van der Waals surface area contributed by atoms with Gasteiger partial charge in [0.2, 0.25) is 0 Å². The maximum Gasteiger partial charge on any atom is 0.0726 e. The predicted molar refractivity (Wildman–Crippen MR) is 415 cm³/mol. The standard InChI is InChI=1S/C98H74N2/c1-93(2)58-96(7,79-37-19-10-33-71(79)76-52-60(99-59-44-48-72-64-26-8-17-35-77(64)94(3,4)87(72)53-59)54-91-92(76)75-34-16-25-43-85(75)98(91)83-41-23-13-30-68(83)69-31-14-24-42-84(69)98)90-57-63(47-51-86(90)93)100(61-45-49-73-65-27-9-18-36-78(65)95(5,6)88(73)55-61)62-46-50-74-70-32-15-22-40-82(70)97(89(74)56-62)80-38-20-11-28-66(80)67-29-12-21-39-81(67)97/h8-57,99H,58H2,1-7H3. The number of fused-ring (bicyclic) bond motifs is 27. The van der Waals surface area contributed by atoms with E-state index in [1.165, 1.54) is 161 Å². The molecule has 2 nitrogen and oxygen atoms in total. The lowest BCUT2D eigenvalue weighted by Crippen LogP contribution is -2.26. The van der Waals surface area contributed by atoms with Crippen molar-refractivity contribution in [3.8, 4) is 77.9 Å². The van der Waals surface area contributed by atoms with Crippen molar-refractivity contribution in [1.82, 2.24) is 0 Å². The van der Waals surface area contributed by atoms with E-state index in [9.17, 15) is 0 Å². The highest BCUT2D eigenvalue weighted by Crippen LogP contribution is 2.68. The summed E-state index contributed by atoms with van der Waals surface area (Å²) >= 11 is 0. The van der Waals surface area contributed by atoms with E-state index >= 15 is 0 Å². The summed E-state index contributed by atoms with van der Waals surface area (Å²) in [6.45, 7) is 17.1. The highest BCUT2D eigenvalue weighted by molar-refractivity contribution is 6.03. The van der Waals surface area contributed by atoms with Gasteiger partial charge in [-0.2, -0.15) is 0 Å². The molecule has 1 N–H and O–H groups in total. The molecule has 14 aromatic rings. The van der Waals surface area contributed by atoms with Crippen molar-refractivity contribution in [3.63, 3.8) is 0 Å². The molecule has 0 saturated heterocycles. The van der Waals surface area contributed by atoms with E-state index in [1.807, 2.05) is 0 Å². The van der Waals surface area contributed by atoms with E-state index in [-0.39, 0.29) is 16.2 Å². The number of nitrogens with zero attached hydrogens (tertiary/aromatic N) is 1. The fourth-order valence-electron chi connectivity index (χ4n) is 21.2. The van der Waals surface area contributed by atoms with Gasteiger partial charge in [-0.05, 0) is 234 Å². The SMILES string of the molecule is CC1(C)CC(C)(c2ccccc2-c2cc(Nc3ccc4c(c3)C(C)(C)c3ccccc3-4)cc3c2-c2ccccc2C32c3ccccc3-c3ccccc32)c2cc(N(c3ccc4c(c3)C(C)(C)c3ccccc3-4)c3ccc4c(c3)C3(c5ccccc5-c5ccccc53)c3ccccc3-4)ccc21. The highest BCUT2D eigenvalue weighted by Gasteiger charge is 2.55. The lowest BCUT2D eigenvalue weighted by atomic mass is 9.69. The van der Waals surface area contributed by atoms with Gasteiger partial charge in [0.25, 0.3) is 0 Å².